The molecule has 3 heteroatoms. The average Bonchev–Trinajstić information content (AvgIpc) is 3.11. The van der Waals surface area contributed by atoms with Gasteiger partial charge in [0.25, 0.3) is 0 Å². The molecule has 0 amide bonds. The van der Waals surface area contributed by atoms with E-state index in [4.69, 9.17) is 4.74 Å². The number of unbranched alkanes of at least 4 members (excludes halogenated alkanes) is 2. The number of hydrogen-bond donors (Lipinski definition) is 1. The van der Waals surface area contributed by atoms with Gasteiger partial charge in [0.15, 0.2) is 0 Å². The summed E-state index contributed by atoms with van der Waals surface area (Å²) in [6.45, 7) is 12.9. The van der Waals surface area contributed by atoms with Crippen molar-refractivity contribution in [3.63, 3.8) is 0 Å². The minimum absolute atomic E-state index is 0.248. The van der Waals surface area contributed by atoms with Crippen molar-refractivity contribution in [3.8, 4) is 22.3 Å². The van der Waals surface area contributed by atoms with E-state index in [9.17, 15) is 9.90 Å². The Morgan fingerprint density at radius 3 is 2.15 bits per heavy atom. The third-order valence-electron chi connectivity index (χ3n) is 10.6. The fourth-order valence-corrected chi connectivity index (χ4v) is 7.79. The predicted octanol–water partition coefficient (Wildman–Crippen LogP) is 11.4. The maximum atomic E-state index is 11.8. The van der Waals surface area contributed by atoms with Gasteiger partial charge in [0.1, 0.15) is 0 Å². The van der Waals surface area contributed by atoms with Crippen LogP contribution in [0.25, 0.3) is 22.3 Å². The molecule has 1 aliphatic rings. The fourth-order valence-electron chi connectivity index (χ4n) is 7.79. The number of rotatable bonds is 18. The lowest BCUT2D eigenvalue weighted by molar-refractivity contribution is -0.139. The van der Waals surface area contributed by atoms with E-state index >= 15 is 0 Å². The van der Waals surface area contributed by atoms with Crippen LogP contribution < -0.4 is 0 Å². The lowest BCUT2D eigenvalue weighted by Crippen LogP contribution is -2.22. The summed E-state index contributed by atoms with van der Waals surface area (Å²) in [4.78, 5) is 11.8. The monoisotopic (exact) mass is 636 g/mol. The number of benzene rings is 3. The van der Waals surface area contributed by atoms with Gasteiger partial charge in [-0.1, -0.05) is 101 Å². The van der Waals surface area contributed by atoms with Crippen LogP contribution >= 0.6 is 0 Å². The minimum atomic E-state index is -0.295. The maximum Gasteiger partial charge on any atom is 0.333 e. The summed E-state index contributed by atoms with van der Waals surface area (Å²) >= 11 is 0. The Bertz CT molecular complexity index is 1410. The van der Waals surface area contributed by atoms with Crippen LogP contribution in [0.1, 0.15) is 126 Å². The number of ether oxygens (including phenoxy) is 1. The van der Waals surface area contributed by atoms with Crippen LogP contribution in [0, 0.1) is 11.8 Å². The second-order valence-electron chi connectivity index (χ2n) is 13.9. The summed E-state index contributed by atoms with van der Waals surface area (Å²) in [6, 6.07) is 23.5. The van der Waals surface area contributed by atoms with Gasteiger partial charge in [0, 0.05) is 12.2 Å². The van der Waals surface area contributed by atoms with Crippen LogP contribution in [-0.2, 0) is 28.8 Å². The van der Waals surface area contributed by atoms with E-state index < -0.39 is 0 Å². The fraction of sp³-hybridized carbons (Fsp3) is 0.523. The second kappa shape index (κ2) is 19.0. The van der Waals surface area contributed by atoms with Gasteiger partial charge in [-0.3, -0.25) is 0 Å². The molecule has 1 saturated carbocycles. The van der Waals surface area contributed by atoms with E-state index in [-0.39, 0.29) is 12.6 Å². The van der Waals surface area contributed by atoms with Crippen LogP contribution in [0.3, 0.4) is 0 Å². The highest BCUT2D eigenvalue weighted by atomic mass is 16.5. The molecule has 0 spiro atoms. The molecule has 3 aromatic carbocycles. The lowest BCUT2D eigenvalue weighted by Gasteiger charge is -2.35. The summed E-state index contributed by atoms with van der Waals surface area (Å²) in [5.74, 6) is 1.59. The van der Waals surface area contributed by atoms with Crippen molar-refractivity contribution in [1.29, 1.82) is 0 Å². The van der Waals surface area contributed by atoms with Gasteiger partial charge in [0.2, 0.25) is 0 Å². The molecule has 1 aliphatic carbocycles. The largest absolute Gasteiger partial charge is 0.462 e. The number of carbonyl (C=O) groups is 1. The van der Waals surface area contributed by atoms with Crippen molar-refractivity contribution < 1.29 is 14.6 Å². The van der Waals surface area contributed by atoms with Crippen molar-refractivity contribution in [2.75, 3.05) is 13.2 Å². The summed E-state index contributed by atoms with van der Waals surface area (Å²) in [7, 11) is 0. The smallest absolute Gasteiger partial charge is 0.333 e. The number of esters is 1. The van der Waals surface area contributed by atoms with Gasteiger partial charge < -0.3 is 9.84 Å². The van der Waals surface area contributed by atoms with E-state index in [2.05, 4.69) is 88.0 Å². The van der Waals surface area contributed by atoms with Crippen LogP contribution in [0.2, 0.25) is 0 Å². The highest BCUT2D eigenvalue weighted by Gasteiger charge is 2.29. The van der Waals surface area contributed by atoms with E-state index in [1.807, 2.05) is 0 Å². The Kier molecular flexibility index (Phi) is 14.8. The Labute approximate surface area is 285 Å². The third kappa shape index (κ3) is 10.4. The van der Waals surface area contributed by atoms with Crippen molar-refractivity contribution in [3.05, 3.63) is 95.1 Å². The Morgan fingerprint density at radius 1 is 0.809 bits per heavy atom. The molecule has 0 radical (unpaired) electrons. The molecule has 0 aliphatic heterocycles. The van der Waals surface area contributed by atoms with Crippen LogP contribution in [-0.4, -0.2) is 24.3 Å². The molecule has 0 bridgehead atoms. The molecule has 3 nitrogen and oxygen atoms in total. The zero-order chi connectivity index (χ0) is 33.6. The van der Waals surface area contributed by atoms with Crippen molar-refractivity contribution in [2.45, 2.75) is 124 Å². The predicted molar refractivity (Wildman–Crippen MR) is 199 cm³/mol. The SMILES string of the molecule is C=C(C)C(=O)OCCCC(CCCO)C1CCC(c2ccc(-c3ccc(-c4ccc(CCCCC)cc4CC)cc3)cc2CC)CC1. The highest BCUT2D eigenvalue weighted by Crippen LogP contribution is 2.43. The van der Waals surface area contributed by atoms with E-state index in [1.165, 1.54) is 95.9 Å². The second-order valence-corrected chi connectivity index (χ2v) is 13.9. The van der Waals surface area contributed by atoms with Crippen molar-refractivity contribution >= 4 is 5.97 Å². The molecule has 0 aromatic heterocycles. The van der Waals surface area contributed by atoms with Gasteiger partial charge in [-0.15, -0.1) is 0 Å². The summed E-state index contributed by atoms with van der Waals surface area (Å²) in [6.07, 6.45) is 15.9. The average molecular weight is 637 g/mol. The first-order valence-electron chi connectivity index (χ1n) is 18.7. The quantitative estimate of drug-likeness (QED) is 0.0858. The molecular weight excluding hydrogens is 576 g/mol. The molecule has 0 saturated heterocycles. The normalized spacial score (nSPS) is 17.0. The number of hydrogen-bond acceptors (Lipinski definition) is 3. The standard InChI is InChI=1S/C44H60O3/c1-6-9-10-13-33-16-26-42(34(7-2)30-33)39-23-19-38(20-24-39)41-25-27-43(35(8-3)31-41)40-21-17-37(18-22-40)36(14-11-28-45)15-12-29-47-44(46)32(4)5/h16,19-20,23-27,30-31,36-37,40,45H,4,6-15,17-18,21-22,28-29H2,1-3,5H3. The maximum absolute atomic E-state index is 11.8. The van der Waals surface area contributed by atoms with Gasteiger partial charge in [0.05, 0.1) is 6.61 Å². The summed E-state index contributed by atoms with van der Waals surface area (Å²) in [5.41, 5.74) is 11.7. The molecule has 3 aromatic rings. The third-order valence-corrected chi connectivity index (χ3v) is 10.6. The van der Waals surface area contributed by atoms with Crippen molar-refractivity contribution in [2.24, 2.45) is 11.8 Å². The van der Waals surface area contributed by atoms with Gasteiger partial charge in [-0.25, -0.2) is 4.79 Å². The summed E-state index contributed by atoms with van der Waals surface area (Å²) < 4.78 is 5.35. The van der Waals surface area contributed by atoms with Crippen LogP contribution in [0.15, 0.2) is 72.8 Å². The van der Waals surface area contributed by atoms with E-state index in [0.29, 0.717) is 29.9 Å². The number of aliphatic hydroxyl groups is 1. The Morgan fingerprint density at radius 2 is 1.49 bits per heavy atom. The summed E-state index contributed by atoms with van der Waals surface area (Å²) in [5, 5.41) is 9.52. The molecule has 1 unspecified atom stereocenters. The lowest BCUT2D eigenvalue weighted by atomic mass is 9.70. The van der Waals surface area contributed by atoms with Gasteiger partial charge >= 0.3 is 5.97 Å². The van der Waals surface area contributed by atoms with E-state index in [0.717, 1.165) is 38.5 Å². The molecule has 1 fully saturated rings. The zero-order valence-electron chi connectivity index (χ0n) is 29.8. The number of carbonyl (C=O) groups excluding carboxylic acids is 1. The van der Waals surface area contributed by atoms with Crippen molar-refractivity contribution in [1.82, 2.24) is 0 Å². The molecule has 47 heavy (non-hydrogen) atoms. The molecule has 254 valence electrons. The van der Waals surface area contributed by atoms with Gasteiger partial charge in [-0.2, -0.15) is 0 Å². The Hall–Kier alpha value is -3.17. The van der Waals surface area contributed by atoms with Crippen LogP contribution in [0.5, 0.6) is 0 Å². The topological polar surface area (TPSA) is 46.5 Å². The van der Waals surface area contributed by atoms with E-state index in [1.54, 1.807) is 6.92 Å². The highest BCUT2D eigenvalue weighted by molar-refractivity contribution is 5.86. The molecule has 4 rings (SSSR count). The van der Waals surface area contributed by atoms with Crippen LogP contribution in [0.4, 0.5) is 0 Å². The molecule has 0 heterocycles. The number of aryl methyl sites for hydroxylation is 3. The molecular formula is C44H60O3. The van der Waals surface area contributed by atoms with Gasteiger partial charge in [-0.05, 0) is 146 Å². The first-order chi connectivity index (χ1) is 22.9. The first kappa shape index (κ1) is 36.7. The Balaban J connectivity index is 1.39. The molecule has 1 N–H and O–H groups in total. The first-order valence-corrected chi connectivity index (χ1v) is 18.7. The number of aliphatic hydroxyl groups excluding tert-OH is 1. The minimum Gasteiger partial charge on any atom is -0.462 e. The zero-order valence-corrected chi connectivity index (χ0v) is 29.8. The molecule has 1 atom stereocenters.